The molecule has 4 heteroatoms. The number of hydrogen-bond donors (Lipinski definition) is 1. The van der Waals surface area contributed by atoms with E-state index in [4.69, 9.17) is 4.52 Å². The van der Waals surface area contributed by atoms with Crippen LogP contribution in [0.5, 0.6) is 0 Å². The number of nitrogens with one attached hydrogen (secondary N) is 1. The Morgan fingerprint density at radius 2 is 1.89 bits per heavy atom. The zero-order chi connectivity index (χ0) is 13.9. The van der Waals surface area contributed by atoms with Gasteiger partial charge in [-0.05, 0) is 12.5 Å². The molecule has 2 rings (SSSR count). The molecule has 0 aliphatic carbocycles. The first kappa shape index (κ1) is 13.6. The highest BCUT2D eigenvalue weighted by Crippen LogP contribution is 2.18. The zero-order valence-corrected chi connectivity index (χ0v) is 12.9. The van der Waals surface area contributed by atoms with Gasteiger partial charge in [0.2, 0.25) is 0 Å². The van der Waals surface area contributed by atoms with Crippen molar-refractivity contribution >= 4 is 20.0 Å². The zero-order valence-electron chi connectivity index (χ0n) is 11.9. The van der Waals surface area contributed by atoms with E-state index in [9.17, 15) is 0 Å². The fourth-order valence-electron chi connectivity index (χ4n) is 1.81. The van der Waals surface area contributed by atoms with E-state index in [1.165, 1.54) is 5.56 Å². The number of benzene rings is 1. The standard InChI is InChI=1S/C15H20N2OSi/c1-12-10-14(18-16-12)11-15(17-19(2,3)4)13-8-6-5-7-9-13/h5-11,17H,1-4H3/b15-11-. The molecule has 1 aromatic carbocycles. The largest absolute Gasteiger partial charge is 0.410 e. The fraction of sp³-hybridized carbons (Fsp3) is 0.267. The topological polar surface area (TPSA) is 38.1 Å². The quantitative estimate of drug-likeness (QED) is 0.858. The van der Waals surface area contributed by atoms with Crippen LogP contribution >= 0.6 is 0 Å². The Morgan fingerprint density at radius 1 is 1.21 bits per heavy atom. The van der Waals surface area contributed by atoms with Gasteiger partial charge < -0.3 is 9.51 Å². The third-order valence-electron chi connectivity index (χ3n) is 2.53. The van der Waals surface area contributed by atoms with Crippen LogP contribution in [0.4, 0.5) is 0 Å². The molecular formula is C15H20N2OSi. The summed E-state index contributed by atoms with van der Waals surface area (Å²) in [5.41, 5.74) is 3.15. The monoisotopic (exact) mass is 272 g/mol. The van der Waals surface area contributed by atoms with Crippen molar-refractivity contribution < 1.29 is 4.52 Å². The van der Waals surface area contributed by atoms with Crippen molar-refractivity contribution in [2.75, 3.05) is 0 Å². The summed E-state index contributed by atoms with van der Waals surface area (Å²) in [6.45, 7) is 8.75. The summed E-state index contributed by atoms with van der Waals surface area (Å²) in [6, 6.07) is 12.2. The van der Waals surface area contributed by atoms with Crippen LogP contribution in [0, 0.1) is 6.92 Å². The first-order valence-electron chi connectivity index (χ1n) is 6.43. The van der Waals surface area contributed by atoms with Crippen molar-refractivity contribution in [3.8, 4) is 0 Å². The van der Waals surface area contributed by atoms with E-state index in [0.29, 0.717) is 0 Å². The third kappa shape index (κ3) is 4.10. The molecule has 3 nitrogen and oxygen atoms in total. The van der Waals surface area contributed by atoms with Gasteiger partial charge in [0.25, 0.3) is 0 Å². The predicted molar refractivity (Wildman–Crippen MR) is 82.0 cm³/mol. The molecule has 0 spiro atoms. The maximum absolute atomic E-state index is 5.28. The number of aryl methyl sites for hydroxylation is 1. The van der Waals surface area contributed by atoms with Crippen LogP contribution in [-0.2, 0) is 0 Å². The van der Waals surface area contributed by atoms with Crippen molar-refractivity contribution in [2.45, 2.75) is 26.6 Å². The SMILES string of the molecule is Cc1cc(/C=C(\N[Si](C)(C)C)c2ccccc2)on1. The summed E-state index contributed by atoms with van der Waals surface area (Å²) in [4.78, 5) is 3.64. The molecule has 1 aromatic heterocycles. The smallest absolute Gasteiger partial charge is 0.161 e. The average molecular weight is 272 g/mol. The summed E-state index contributed by atoms with van der Waals surface area (Å²) in [7, 11) is -1.43. The second kappa shape index (κ2) is 5.44. The van der Waals surface area contributed by atoms with Crippen molar-refractivity contribution in [1.82, 2.24) is 10.1 Å². The lowest BCUT2D eigenvalue weighted by Crippen LogP contribution is -2.39. The molecule has 0 aliphatic rings. The van der Waals surface area contributed by atoms with E-state index in [0.717, 1.165) is 17.2 Å². The maximum atomic E-state index is 5.28. The molecule has 0 unspecified atom stereocenters. The van der Waals surface area contributed by atoms with E-state index in [2.05, 4.69) is 41.9 Å². The van der Waals surface area contributed by atoms with Crippen molar-refractivity contribution in [3.63, 3.8) is 0 Å². The van der Waals surface area contributed by atoms with E-state index in [-0.39, 0.29) is 0 Å². The van der Waals surface area contributed by atoms with Crippen molar-refractivity contribution in [3.05, 3.63) is 53.4 Å². The van der Waals surface area contributed by atoms with Gasteiger partial charge in [0.1, 0.15) is 8.24 Å². The number of rotatable bonds is 4. The Hall–Kier alpha value is -1.81. The molecule has 19 heavy (non-hydrogen) atoms. The Labute approximate surface area is 115 Å². The lowest BCUT2D eigenvalue weighted by Gasteiger charge is -2.22. The Bertz CT molecular complexity index is 567. The van der Waals surface area contributed by atoms with E-state index >= 15 is 0 Å². The van der Waals surface area contributed by atoms with Crippen molar-refractivity contribution in [1.29, 1.82) is 0 Å². The molecule has 0 bridgehead atoms. The van der Waals surface area contributed by atoms with Gasteiger partial charge in [0, 0.05) is 17.8 Å². The molecule has 0 saturated heterocycles. The number of aromatic nitrogens is 1. The van der Waals surface area contributed by atoms with Gasteiger partial charge in [-0.2, -0.15) is 0 Å². The Balaban J connectivity index is 2.37. The second-order valence-corrected chi connectivity index (χ2v) is 10.4. The highest BCUT2D eigenvalue weighted by molar-refractivity contribution is 6.74. The molecule has 0 radical (unpaired) electrons. The van der Waals surface area contributed by atoms with Gasteiger partial charge in [-0.1, -0.05) is 55.1 Å². The van der Waals surface area contributed by atoms with Gasteiger partial charge in [0.05, 0.1) is 5.69 Å². The molecule has 1 heterocycles. The van der Waals surface area contributed by atoms with Gasteiger partial charge >= 0.3 is 0 Å². The highest BCUT2D eigenvalue weighted by atomic mass is 28.3. The van der Waals surface area contributed by atoms with Gasteiger partial charge in [-0.15, -0.1) is 0 Å². The minimum atomic E-state index is -1.43. The van der Waals surface area contributed by atoms with E-state index in [1.807, 2.05) is 37.3 Å². The molecule has 1 N–H and O–H groups in total. The lowest BCUT2D eigenvalue weighted by molar-refractivity contribution is 0.408. The van der Waals surface area contributed by atoms with E-state index < -0.39 is 8.24 Å². The van der Waals surface area contributed by atoms with Crippen LogP contribution in [0.2, 0.25) is 19.6 Å². The van der Waals surface area contributed by atoms with E-state index in [1.54, 1.807) is 0 Å². The number of hydrogen-bond acceptors (Lipinski definition) is 3. The molecule has 0 aliphatic heterocycles. The van der Waals surface area contributed by atoms with Gasteiger partial charge in [-0.25, -0.2) is 0 Å². The predicted octanol–water partition coefficient (Wildman–Crippen LogP) is 3.91. The summed E-state index contributed by atoms with van der Waals surface area (Å²) in [5.74, 6) is 0.780. The number of nitrogens with zero attached hydrogens (tertiary/aromatic N) is 1. The Kier molecular flexibility index (Phi) is 3.90. The molecular weight excluding hydrogens is 252 g/mol. The van der Waals surface area contributed by atoms with Crippen LogP contribution < -0.4 is 4.98 Å². The van der Waals surface area contributed by atoms with Crippen LogP contribution in [0.1, 0.15) is 17.0 Å². The van der Waals surface area contributed by atoms with Crippen LogP contribution in [0.25, 0.3) is 11.8 Å². The summed E-state index contributed by atoms with van der Waals surface area (Å²) in [6.07, 6.45) is 2.02. The maximum Gasteiger partial charge on any atom is 0.161 e. The average Bonchev–Trinajstić information content (AvgIpc) is 2.73. The minimum absolute atomic E-state index is 0.780. The normalized spacial score (nSPS) is 12.5. The van der Waals surface area contributed by atoms with Gasteiger partial charge in [-0.3, -0.25) is 0 Å². The highest BCUT2D eigenvalue weighted by Gasteiger charge is 2.16. The van der Waals surface area contributed by atoms with Crippen LogP contribution in [0.15, 0.2) is 40.9 Å². The van der Waals surface area contributed by atoms with Gasteiger partial charge in [0.15, 0.2) is 5.76 Å². The first-order valence-corrected chi connectivity index (χ1v) is 9.93. The Morgan fingerprint density at radius 3 is 2.42 bits per heavy atom. The minimum Gasteiger partial charge on any atom is -0.410 e. The molecule has 0 amide bonds. The summed E-state index contributed by atoms with van der Waals surface area (Å²) >= 11 is 0. The van der Waals surface area contributed by atoms with Crippen LogP contribution in [-0.4, -0.2) is 13.4 Å². The van der Waals surface area contributed by atoms with Crippen LogP contribution in [0.3, 0.4) is 0 Å². The summed E-state index contributed by atoms with van der Waals surface area (Å²) in [5, 5.41) is 3.92. The first-order chi connectivity index (χ1) is 8.94. The summed E-state index contributed by atoms with van der Waals surface area (Å²) < 4.78 is 5.28. The second-order valence-electron chi connectivity index (χ2n) is 5.67. The molecule has 0 saturated carbocycles. The fourth-order valence-corrected chi connectivity index (χ4v) is 2.83. The molecule has 100 valence electrons. The van der Waals surface area contributed by atoms with Crippen molar-refractivity contribution in [2.24, 2.45) is 0 Å². The lowest BCUT2D eigenvalue weighted by atomic mass is 10.1. The molecule has 0 atom stereocenters. The molecule has 0 fully saturated rings. The third-order valence-corrected chi connectivity index (χ3v) is 3.55. The molecule has 2 aromatic rings.